The van der Waals surface area contributed by atoms with Crippen molar-refractivity contribution in [2.24, 2.45) is 0 Å². The molecule has 0 aliphatic carbocycles. The predicted molar refractivity (Wildman–Crippen MR) is 255 cm³/mol. The van der Waals surface area contributed by atoms with E-state index in [0.717, 1.165) is 82.1 Å². The van der Waals surface area contributed by atoms with Gasteiger partial charge in [-0.1, -0.05) is 109 Å². The number of benzene rings is 7. The SMILES string of the molecule is [C-]#[N+]c1c(C=Cc2ccc3c(c2)c2ccccc2n3OC)c(C#N)c(C=Cc2ccc3c(c2)c2ccccc2n3OC)c(C#N)c1C=Cc1ccc2c(c1)c1ccccc1n2OC. The molecule has 0 amide bonds. The largest absolute Gasteiger partial charge is 0.417 e. The Bertz CT molecular complexity index is 3330. The first-order chi connectivity index (χ1) is 31.0. The lowest BCUT2D eigenvalue weighted by Crippen LogP contribution is -2.04. The summed E-state index contributed by atoms with van der Waals surface area (Å²) in [7, 11) is 4.94. The third-order valence-electron chi connectivity index (χ3n) is 11.8. The van der Waals surface area contributed by atoms with Gasteiger partial charge in [0, 0.05) is 37.9 Å². The molecule has 0 saturated carbocycles. The Morgan fingerprint density at radius 2 is 0.746 bits per heavy atom. The van der Waals surface area contributed by atoms with E-state index < -0.39 is 0 Å². The molecule has 10 aromatic rings. The summed E-state index contributed by atoms with van der Waals surface area (Å²) in [5, 5.41) is 28.0. The molecule has 0 aliphatic rings. The molecule has 10 rings (SSSR count). The van der Waals surface area contributed by atoms with Crippen LogP contribution in [0.25, 0.3) is 107 Å². The lowest BCUT2D eigenvalue weighted by Gasteiger charge is -2.13. The minimum atomic E-state index is 0.204. The smallest absolute Gasteiger partial charge is 0.204 e. The average Bonchev–Trinajstić information content (AvgIpc) is 3.95. The van der Waals surface area contributed by atoms with Crippen molar-refractivity contribution in [2.45, 2.75) is 0 Å². The van der Waals surface area contributed by atoms with E-state index in [1.807, 2.05) is 137 Å². The summed E-state index contributed by atoms with van der Waals surface area (Å²) in [4.78, 5) is 21.2. The van der Waals surface area contributed by atoms with Crippen molar-refractivity contribution in [1.82, 2.24) is 14.2 Å². The van der Waals surface area contributed by atoms with Gasteiger partial charge in [0.05, 0.1) is 62.9 Å². The van der Waals surface area contributed by atoms with Gasteiger partial charge >= 0.3 is 0 Å². The Labute approximate surface area is 362 Å². The molecule has 0 spiro atoms. The van der Waals surface area contributed by atoms with Gasteiger partial charge in [-0.05, 0) is 82.4 Å². The summed E-state index contributed by atoms with van der Waals surface area (Å²) < 4.78 is 5.42. The topological polar surface area (TPSA) is 94.4 Å². The van der Waals surface area contributed by atoms with Crippen LogP contribution in [0.4, 0.5) is 5.69 Å². The fraction of sp³-hybridized carbons (Fsp3) is 0.0556. The summed E-state index contributed by atoms with van der Waals surface area (Å²) in [6.07, 6.45) is 11.2. The van der Waals surface area contributed by atoms with Gasteiger partial charge in [0.15, 0.2) is 0 Å². The minimum absolute atomic E-state index is 0.204. The van der Waals surface area contributed by atoms with Gasteiger partial charge < -0.3 is 14.5 Å². The Morgan fingerprint density at radius 3 is 1.06 bits per heavy atom. The normalized spacial score (nSPS) is 11.8. The van der Waals surface area contributed by atoms with Gasteiger partial charge in [0.1, 0.15) is 21.3 Å². The molecule has 0 fully saturated rings. The lowest BCUT2D eigenvalue weighted by molar-refractivity contribution is 0.190. The molecule has 0 bridgehead atoms. The molecule has 3 aromatic heterocycles. The van der Waals surface area contributed by atoms with Crippen LogP contribution in [0, 0.1) is 29.2 Å². The van der Waals surface area contributed by atoms with Gasteiger partial charge in [-0.3, -0.25) is 0 Å². The maximum Gasteiger partial charge on any atom is 0.204 e. The second-order valence-corrected chi connectivity index (χ2v) is 15.0. The standard InChI is InChI=1S/C54H36N6O3/c1-57-54-41(24-18-35-21-27-52-44(30-35)39-12-6-9-15-49(39)59(52)62-3)46(32-55)37(23-17-34-20-26-51-43(29-34)38-11-5-8-14-48(38)58(51)61-2)47(33-56)42(54)25-19-36-22-28-53-45(31-36)40-13-7-10-16-50(40)60(53)63-4/h5-31H,2-4H3. The van der Waals surface area contributed by atoms with E-state index >= 15 is 0 Å². The van der Waals surface area contributed by atoms with Crippen LogP contribution in [-0.2, 0) is 0 Å². The third-order valence-corrected chi connectivity index (χ3v) is 11.8. The van der Waals surface area contributed by atoms with E-state index in [1.54, 1.807) is 26.1 Å². The highest BCUT2D eigenvalue weighted by atomic mass is 16.7. The Balaban J connectivity index is 1.15. The predicted octanol–water partition coefficient (Wildman–Crippen LogP) is 12.0. The number of rotatable bonds is 9. The molecule has 300 valence electrons. The summed E-state index contributed by atoms with van der Waals surface area (Å²) >= 11 is 0. The first-order valence-electron chi connectivity index (χ1n) is 20.2. The van der Waals surface area contributed by atoms with Gasteiger partial charge in [-0.15, -0.1) is 0 Å². The molecular weight excluding hydrogens is 781 g/mol. The van der Waals surface area contributed by atoms with E-state index in [4.69, 9.17) is 21.1 Å². The Kier molecular flexibility index (Phi) is 9.45. The summed E-state index contributed by atoms with van der Waals surface area (Å²) in [5.74, 6) is 0. The van der Waals surface area contributed by atoms with Crippen molar-refractivity contribution in [3.8, 4) is 12.1 Å². The van der Waals surface area contributed by atoms with Crippen LogP contribution in [0.2, 0.25) is 0 Å². The van der Waals surface area contributed by atoms with Gasteiger partial charge in [-0.25, -0.2) is 4.85 Å². The second kappa shape index (κ2) is 15.6. The van der Waals surface area contributed by atoms with Crippen LogP contribution in [0.1, 0.15) is 44.5 Å². The molecule has 0 radical (unpaired) electrons. The molecule has 0 atom stereocenters. The number of nitrogens with zero attached hydrogens (tertiary/aromatic N) is 6. The van der Waals surface area contributed by atoms with E-state index in [-0.39, 0.29) is 16.8 Å². The van der Waals surface area contributed by atoms with Crippen LogP contribution < -0.4 is 14.5 Å². The minimum Gasteiger partial charge on any atom is -0.417 e. The van der Waals surface area contributed by atoms with E-state index in [9.17, 15) is 10.5 Å². The highest BCUT2D eigenvalue weighted by Gasteiger charge is 2.22. The highest BCUT2D eigenvalue weighted by molar-refractivity contribution is 6.11. The number of fused-ring (bicyclic) bond motifs is 9. The van der Waals surface area contributed by atoms with Gasteiger partial charge in [0.2, 0.25) is 5.69 Å². The first-order valence-corrected chi connectivity index (χ1v) is 20.2. The van der Waals surface area contributed by atoms with E-state index in [2.05, 4.69) is 53.4 Å². The van der Waals surface area contributed by atoms with Crippen LogP contribution in [0.5, 0.6) is 0 Å². The molecule has 9 nitrogen and oxygen atoms in total. The van der Waals surface area contributed by atoms with Crippen LogP contribution in [0.3, 0.4) is 0 Å². The third kappa shape index (κ3) is 6.14. The second-order valence-electron chi connectivity index (χ2n) is 15.0. The monoisotopic (exact) mass is 816 g/mol. The Morgan fingerprint density at radius 1 is 0.429 bits per heavy atom. The van der Waals surface area contributed by atoms with Crippen molar-refractivity contribution < 1.29 is 14.5 Å². The van der Waals surface area contributed by atoms with Gasteiger partial charge in [-0.2, -0.15) is 24.7 Å². The maximum absolute atomic E-state index is 10.9. The van der Waals surface area contributed by atoms with Crippen molar-refractivity contribution in [3.63, 3.8) is 0 Å². The van der Waals surface area contributed by atoms with Crippen LogP contribution in [-0.4, -0.2) is 35.5 Å². The molecule has 9 heteroatoms. The average molecular weight is 817 g/mol. The van der Waals surface area contributed by atoms with Gasteiger partial charge in [0.25, 0.3) is 0 Å². The molecule has 3 heterocycles. The quantitative estimate of drug-likeness (QED) is 0.107. The molecule has 0 saturated heterocycles. The van der Waals surface area contributed by atoms with Crippen molar-refractivity contribution in [3.05, 3.63) is 183 Å². The first kappa shape index (κ1) is 38.2. The number of aromatic nitrogens is 3. The number of nitriles is 2. The number of para-hydroxylation sites is 3. The summed E-state index contributed by atoms with van der Waals surface area (Å²) in [6.45, 7) is 8.52. The zero-order valence-corrected chi connectivity index (χ0v) is 34.5. The van der Waals surface area contributed by atoms with Crippen molar-refractivity contribution in [1.29, 1.82) is 10.5 Å². The van der Waals surface area contributed by atoms with Crippen molar-refractivity contribution >= 4 is 108 Å². The fourth-order valence-corrected chi connectivity index (χ4v) is 8.95. The molecule has 0 unspecified atom stereocenters. The van der Waals surface area contributed by atoms with Crippen LogP contribution in [0.15, 0.2) is 127 Å². The highest BCUT2D eigenvalue weighted by Crippen LogP contribution is 2.39. The zero-order chi connectivity index (χ0) is 43.2. The molecule has 7 aromatic carbocycles. The molecule has 0 N–H and O–H groups in total. The number of hydrogen-bond donors (Lipinski definition) is 0. The molecular formula is C54H36N6O3. The van der Waals surface area contributed by atoms with E-state index in [1.165, 1.54) is 0 Å². The summed E-state index contributed by atoms with van der Waals surface area (Å²) in [6, 6.07) is 47.1. The molecule has 0 aliphatic heterocycles. The fourth-order valence-electron chi connectivity index (χ4n) is 8.95. The molecule has 63 heavy (non-hydrogen) atoms. The summed E-state index contributed by atoms with van der Waals surface area (Å²) in [5.41, 5.74) is 10.1. The van der Waals surface area contributed by atoms with Crippen molar-refractivity contribution in [2.75, 3.05) is 21.3 Å². The zero-order valence-electron chi connectivity index (χ0n) is 34.5. The van der Waals surface area contributed by atoms with Crippen LogP contribution >= 0.6 is 0 Å². The van der Waals surface area contributed by atoms with E-state index in [0.29, 0.717) is 16.7 Å². The lowest BCUT2D eigenvalue weighted by atomic mass is 9.88. The Hall–Kier alpha value is -8.97. The maximum atomic E-state index is 10.9. The number of hydrogen-bond acceptors (Lipinski definition) is 5.